The van der Waals surface area contributed by atoms with E-state index >= 15 is 0 Å². The van der Waals surface area contributed by atoms with Gasteiger partial charge in [0.15, 0.2) is 0 Å². The van der Waals surface area contributed by atoms with Gasteiger partial charge in [-0.3, -0.25) is 0 Å². The summed E-state index contributed by atoms with van der Waals surface area (Å²) in [5, 5.41) is 9.18. The minimum Gasteiger partial charge on any atom is -0.392 e. The lowest BCUT2D eigenvalue weighted by Crippen LogP contribution is -2.38. The van der Waals surface area contributed by atoms with E-state index in [9.17, 15) is 5.11 Å². The molecule has 0 unspecified atom stereocenters. The van der Waals surface area contributed by atoms with E-state index in [0.717, 1.165) is 30.4 Å². The second-order valence-electron chi connectivity index (χ2n) is 6.58. The van der Waals surface area contributed by atoms with Crippen LogP contribution in [-0.2, 0) is 6.61 Å². The van der Waals surface area contributed by atoms with Crippen LogP contribution in [0.5, 0.6) is 0 Å². The van der Waals surface area contributed by atoms with Crippen LogP contribution in [0.2, 0.25) is 0 Å². The monoisotopic (exact) mass is 289 g/mol. The van der Waals surface area contributed by atoms with Gasteiger partial charge in [-0.2, -0.15) is 0 Å². The van der Waals surface area contributed by atoms with Crippen LogP contribution in [0.3, 0.4) is 0 Å². The first-order valence-corrected chi connectivity index (χ1v) is 8.30. The van der Waals surface area contributed by atoms with E-state index in [0.29, 0.717) is 0 Å². The van der Waals surface area contributed by atoms with Gasteiger partial charge in [0.25, 0.3) is 0 Å². The first kappa shape index (κ1) is 14.8. The van der Waals surface area contributed by atoms with Crippen LogP contribution in [0.1, 0.15) is 36.8 Å². The molecule has 0 bridgehead atoms. The lowest BCUT2D eigenvalue weighted by molar-refractivity contribution is 0.249. The Bertz CT molecular complexity index is 463. The summed E-state index contributed by atoms with van der Waals surface area (Å²) in [4.78, 5) is 9.61. The van der Waals surface area contributed by atoms with E-state index in [4.69, 9.17) is 0 Å². The van der Waals surface area contributed by atoms with E-state index in [1.54, 1.807) is 6.20 Å². The molecule has 0 saturated carbocycles. The number of hydrogen-bond acceptors (Lipinski definition) is 4. The van der Waals surface area contributed by atoms with E-state index < -0.39 is 0 Å². The zero-order valence-corrected chi connectivity index (χ0v) is 13.1. The van der Waals surface area contributed by atoms with Gasteiger partial charge >= 0.3 is 0 Å². The maximum Gasteiger partial charge on any atom is 0.131 e. The minimum absolute atomic E-state index is 0.0754. The quantitative estimate of drug-likeness (QED) is 0.922. The van der Waals surface area contributed by atoms with E-state index in [-0.39, 0.29) is 6.61 Å². The molecule has 3 rings (SSSR count). The Balaban J connectivity index is 1.55. The molecule has 2 aliphatic heterocycles. The van der Waals surface area contributed by atoms with Gasteiger partial charge in [-0.25, -0.2) is 4.98 Å². The predicted octanol–water partition coefficient (Wildman–Crippen LogP) is 2.19. The molecule has 116 valence electrons. The summed E-state index contributed by atoms with van der Waals surface area (Å²) in [7, 11) is 0. The number of hydrogen-bond donors (Lipinski definition) is 1. The summed E-state index contributed by atoms with van der Waals surface area (Å²) < 4.78 is 0. The fraction of sp³-hybridized carbons (Fsp3) is 0.706. The van der Waals surface area contributed by atoms with Crippen molar-refractivity contribution in [3.8, 4) is 0 Å². The van der Waals surface area contributed by atoms with Gasteiger partial charge in [0.2, 0.25) is 0 Å². The first-order valence-electron chi connectivity index (χ1n) is 8.30. The van der Waals surface area contributed by atoms with Crippen LogP contribution in [0.25, 0.3) is 0 Å². The summed E-state index contributed by atoms with van der Waals surface area (Å²) in [6.45, 7) is 8.32. The molecule has 0 radical (unpaired) electrons. The van der Waals surface area contributed by atoms with Crippen molar-refractivity contribution in [2.75, 3.05) is 37.6 Å². The minimum atomic E-state index is 0.0754. The number of anilines is 1. The Morgan fingerprint density at radius 2 is 1.90 bits per heavy atom. The lowest BCUT2D eigenvalue weighted by atomic mass is 9.96. The van der Waals surface area contributed by atoms with Crippen LogP contribution in [-0.4, -0.2) is 47.7 Å². The molecule has 21 heavy (non-hydrogen) atoms. The van der Waals surface area contributed by atoms with Gasteiger partial charge < -0.3 is 14.9 Å². The summed E-state index contributed by atoms with van der Waals surface area (Å²) in [6, 6.07) is 2.05. The van der Waals surface area contributed by atoms with Gasteiger partial charge in [-0.1, -0.05) is 0 Å². The molecule has 2 fully saturated rings. The first-order chi connectivity index (χ1) is 10.3. The van der Waals surface area contributed by atoms with Crippen molar-refractivity contribution in [3.05, 3.63) is 23.4 Å². The highest BCUT2D eigenvalue weighted by atomic mass is 16.3. The molecule has 4 nitrogen and oxygen atoms in total. The topological polar surface area (TPSA) is 39.6 Å². The average molecular weight is 289 g/mol. The largest absolute Gasteiger partial charge is 0.392 e. The molecular formula is C17H27N3O. The molecule has 2 saturated heterocycles. The highest BCUT2D eigenvalue weighted by Gasteiger charge is 2.24. The molecule has 3 heterocycles. The molecule has 1 aromatic heterocycles. The van der Waals surface area contributed by atoms with Crippen LogP contribution < -0.4 is 4.90 Å². The standard InChI is InChI=1S/C17H27N3O/c1-14-10-16(13-21)11-18-17(14)20-8-4-15(5-9-20)12-19-6-2-3-7-19/h10-11,15,21H,2-9,12-13H2,1H3. The van der Waals surface area contributed by atoms with Crippen molar-refractivity contribution in [2.24, 2.45) is 5.92 Å². The molecule has 1 aromatic rings. The molecule has 0 amide bonds. The normalized spacial score (nSPS) is 21.1. The number of likely N-dealkylation sites (tertiary alicyclic amines) is 1. The van der Waals surface area contributed by atoms with Crippen molar-refractivity contribution in [1.82, 2.24) is 9.88 Å². The fourth-order valence-corrected chi connectivity index (χ4v) is 3.70. The molecule has 0 aromatic carbocycles. The smallest absolute Gasteiger partial charge is 0.131 e. The van der Waals surface area contributed by atoms with Gasteiger partial charge in [0.05, 0.1) is 6.61 Å². The number of pyridine rings is 1. The molecule has 1 N–H and O–H groups in total. The van der Waals surface area contributed by atoms with Crippen molar-refractivity contribution in [2.45, 2.75) is 39.2 Å². The number of nitrogens with zero attached hydrogens (tertiary/aromatic N) is 3. The summed E-state index contributed by atoms with van der Waals surface area (Å²) in [6.07, 6.45) is 7.13. The summed E-state index contributed by atoms with van der Waals surface area (Å²) in [5.74, 6) is 1.96. The Hall–Kier alpha value is -1.13. The third kappa shape index (κ3) is 3.55. The van der Waals surface area contributed by atoms with E-state index in [1.165, 1.54) is 50.9 Å². The third-order valence-corrected chi connectivity index (χ3v) is 4.92. The van der Waals surface area contributed by atoms with E-state index in [2.05, 4.69) is 27.8 Å². The lowest BCUT2D eigenvalue weighted by Gasteiger charge is -2.35. The molecule has 0 aliphatic carbocycles. The van der Waals surface area contributed by atoms with Gasteiger partial charge in [-0.05, 0) is 68.8 Å². The van der Waals surface area contributed by atoms with Crippen LogP contribution >= 0.6 is 0 Å². The number of aliphatic hydroxyl groups excluding tert-OH is 1. The predicted molar refractivity (Wildman–Crippen MR) is 85.5 cm³/mol. The molecule has 2 aliphatic rings. The van der Waals surface area contributed by atoms with Crippen LogP contribution in [0.4, 0.5) is 5.82 Å². The zero-order chi connectivity index (χ0) is 14.7. The number of rotatable bonds is 4. The van der Waals surface area contributed by atoms with Gasteiger partial charge in [0, 0.05) is 25.8 Å². The Morgan fingerprint density at radius 3 is 2.52 bits per heavy atom. The maximum atomic E-state index is 9.18. The Labute approximate surface area is 127 Å². The Kier molecular flexibility index (Phi) is 4.76. The highest BCUT2D eigenvalue weighted by molar-refractivity contribution is 5.47. The average Bonchev–Trinajstić information content (AvgIpc) is 3.01. The maximum absolute atomic E-state index is 9.18. The Morgan fingerprint density at radius 1 is 1.19 bits per heavy atom. The van der Waals surface area contributed by atoms with E-state index in [1.807, 2.05) is 0 Å². The highest BCUT2D eigenvalue weighted by Crippen LogP contribution is 2.26. The molecule has 0 atom stereocenters. The number of aliphatic hydroxyl groups is 1. The second-order valence-corrected chi connectivity index (χ2v) is 6.58. The summed E-state index contributed by atoms with van der Waals surface area (Å²) in [5.41, 5.74) is 2.08. The van der Waals surface area contributed by atoms with Gasteiger partial charge in [-0.15, -0.1) is 0 Å². The molecule has 4 heteroatoms. The fourth-order valence-electron chi connectivity index (χ4n) is 3.70. The van der Waals surface area contributed by atoms with Crippen molar-refractivity contribution < 1.29 is 5.11 Å². The van der Waals surface area contributed by atoms with Crippen molar-refractivity contribution in [1.29, 1.82) is 0 Å². The third-order valence-electron chi connectivity index (χ3n) is 4.92. The molecule has 0 spiro atoms. The van der Waals surface area contributed by atoms with Crippen molar-refractivity contribution >= 4 is 5.82 Å². The van der Waals surface area contributed by atoms with Crippen LogP contribution in [0, 0.1) is 12.8 Å². The summed E-state index contributed by atoms with van der Waals surface area (Å²) >= 11 is 0. The number of aromatic nitrogens is 1. The zero-order valence-electron chi connectivity index (χ0n) is 13.1. The van der Waals surface area contributed by atoms with Gasteiger partial charge in [0.1, 0.15) is 5.82 Å². The SMILES string of the molecule is Cc1cc(CO)cnc1N1CCC(CN2CCCC2)CC1. The second kappa shape index (κ2) is 6.75. The number of aryl methyl sites for hydroxylation is 1. The van der Waals surface area contributed by atoms with Crippen molar-refractivity contribution in [3.63, 3.8) is 0 Å². The molecular weight excluding hydrogens is 262 g/mol. The van der Waals surface area contributed by atoms with Crippen LogP contribution in [0.15, 0.2) is 12.3 Å². The number of piperidine rings is 1.